The van der Waals surface area contributed by atoms with E-state index >= 15 is 0 Å². The summed E-state index contributed by atoms with van der Waals surface area (Å²) in [5.41, 5.74) is 9.63. The number of benzene rings is 1. The van der Waals surface area contributed by atoms with Crippen LogP contribution in [0.25, 0.3) is 0 Å². The zero-order valence-electron chi connectivity index (χ0n) is 20.1. The van der Waals surface area contributed by atoms with Gasteiger partial charge in [0.15, 0.2) is 0 Å². The van der Waals surface area contributed by atoms with Gasteiger partial charge < -0.3 is 26.1 Å². The van der Waals surface area contributed by atoms with Crippen LogP contribution in [0.3, 0.4) is 0 Å². The molecule has 9 heteroatoms. The van der Waals surface area contributed by atoms with Crippen molar-refractivity contribution >= 4 is 27.9 Å². The third kappa shape index (κ3) is 6.48. The lowest BCUT2D eigenvalue weighted by Gasteiger charge is -2.31. The minimum absolute atomic E-state index is 0.0184. The zero-order valence-corrected chi connectivity index (χ0v) is 21.7. The van der Waals surface area contributed by atoms with Crippen LogP contribution in [-0.4, -0.2) is 29.1 Å². The maximum Gasteiger partial charge on any atom is 0.404 e. The Balaban J connectivity index is 1.69. The Hall–Kier alpha value is -2.65. The van der Waals surface area contributed by atoms with E-state index in [1.54, 1.807) is 6.07 Å². The van der Waals surface area contributed by atoms with Gasteiger partial charge in [-0.1, -0.05) is 15.9 Å². The van der Waals surface area contributed by atoms with Gasteiger partial charge in [-0.25, -0.2) is 4.79 Å². The summed E-state index contributed by atoms with van der Waals surface area (Å²) in [6.45, 7) is 7.88. The predicted molar refractivity (Wildman–Crippen MR) is 135 cm³/mol. The second-order valence-corrected chi connectivity index (χ2v) is 10.0. The quantitative estimate of drug-likeness (QED) is 0.427. The Morgan fingerprint density at radius 2 is 1.85 bits per heavy atom. The van der Waals surface area contributed by atoms with E-state index in [9.17, 15) is 14.4 Å². The minimum atomic E-state index is -0.720. The van der Waals surface area contributed by atoms with Crippen LogP contribution in [0.1, 0.15) is 77.0 Å². The molecule has 1 aliphatic carbocycles. The first-order chi connectivity index (χ1) is 16.0. The van der Waals surface area contributed by atoms with Crippen molar-refractivity contribution in [2.24, 2.45) is 5.73 Å². The molecule has 0 spiro atoms. The molecule has 1 heterocycles. The summed E-state index contributed by atoms with van der Waals surface area (Å²) in [4.78, 5) is 39.1. The highest BCUT2D eigenvalue weighted by Gasteiger charge is 2.25. The van der Waals surface area contributed by atoms with Crippen molar-refractivity contribution in [1.29, 1.82) is 0 Å². The summed E-state index contributed by atoms with van der Waals surface area (Å²) in [6.07, 6.45) is 2.48. The molecule has 34 heavy (non-hydrogen) atoms. The Morgan fingerprint density at radius 3 is 2.47 bits per heavy atom. The molecule has 1 aliphatic rings. The van der Waals surface area contributed by atoms with Crippen molar-refractivity contribution in [2.75, 3.05) is 0 Å². The maximum atomic E-state index is 13.1. The fourth-order valence-electron chi connectivity index (χ4n) is 4.71. The lowest BCUT2D eigenvalue weighted by atomic mass is 9.91. The van der Waals surface area contributed by atoms with Gasteiger partial charge in [-0.15, -0.1) is 0 Å². The van der Waals surface area contributed by atoms with E-state index in [2.05, 4.69) is 38.5 Å². The number of halogens is 1. The number of primary amides is 1. The number of rotatable bonds is 7. The number of carbonyl (C=O) groups excluding carboxylic acids is 2. The summed E-state index contributed by atoms with van der Waals surface area (Å²) < 4.78 is 5.94. The first kappa shape index (κ1) is 26.0. The van der Waals surface area contributed by atoms with Crippen LogP contribution in [0.5, 0.6) is 0 Å². The van der Waals surface area contributed by atoms with Crippen molar-refractivity contribution in [2.45, 2.75) is 78.1 Å². The number of pyridine rings is 1. The molecule has 1 aromatic heterocycles. The van der Waals surface area contributed by atoms with Gasteiger partial charge in [-0.3, -0.25) is 9.59 Å². The molecule has 0 aliphatic heterocycles. The molecule has 0 saturated heterocycles. The van der Waals surface area contributed by atoms with Crippen LogP contribution >= 0.6 is 15.9 Å². The molecule has 0 bridgehead atoms. The van der Waals surface area contributed by atoms with Crippen molar-refractivity contribution in [3.63, 3.8) is 0 Å². The Morgan fingerprint density at radius 1 is 1.18 bits per heavy atom. The van der Waals surface area contributed by atoms with E-state index < -0.39 is 6.09 Å². The van der Waals surface area contributed by atoms with Gasteiger partial charge in [0.2, 0.25) is 0 Å². The number of amides is 2. The Labute approximate surface area is 208 Å². The fourth-order valence-corrected chi connectivity index (χ4v) is 5.18. The minimum Gasteiger partial charge on any atom is -0.446 e. The highest BCUT2D eigenvalue weighted by molar-refractivity contribution is 9.10. The molecule has 1 unspecified atom stereocenters. The fraction of sp³-hybridized carbons (Fsp3) is 0.480. The molecule has 1 atom stereocenters. The number of nitrogens with two attached hydrogens (primary N) is 1. The van der Waals surface area contributed by atoms with Gasteiger partial charge in [-0.05, 0) is 88.3 Å². The second-order valence-electron chi connectivity index (χ2n) is 9.09. The van der Waals surface area contributed by atoms with E-state index in [-0.39, 0.29) is 36.2 Å². The number of aryl methyl sites for hydroxylation is 2. The number of carbonyl (C=O) groups is 2. The molecule has 5 N–H and O–H groups in total. The summed E-state index contributed by atoms with van der Waals surface area (Å²) in [6, 6.07) is 6.03. The molecule has 1 fully saturated rings. The SMILES string of the molecule is Cc1cc(C)c(CNC(=O)c2cc(Br)cc(C(C)NC3CCC(OC(N)=O)CC3)c2C)c(=O)[nH]1. The standard InChI is InChI=1S/C25H33BrN4O4/c1-13-9-14(2)29-24(32)22(13)12-28-23(31)21-11-17(26)10-20(15(21)3)16(4)30-18-5-7-19(8-6-18)34-25(27)33/h9-11,16,18-19,30H,5-8,12H2,1-4H3,(H2,27,33)(H,28,31)(H,29,32). The lowest BCUT2D eigenvalue weighted by Crippen LogP contribution is -2.38. The maximum absolute atomic E-state index is 13.1. The molecule has 3 rings (SSSR count). The molecule has 184 valence electrons. The van der Waals surface area contributed by atoms with Gasteiger partial charge in [0.05, 0.1) is 0 Å². The molecule has 1 saturated carbocycles. The molecule has 8 nitrogen and oxygen atoms in total. The second kappa shape index (κ2) is 11.2. The van der Waals surface area contributed by atoms with Crippen LogP contribution in [0, 0.1) is 20.8 Å². The summed E-state index contributed by atoms with van der Waals surface area (Å²) in [5, 5.41) is 6.55. The van der Waals surface area contributed by atoms with Crippen molar-refractivity contribution in [3.8, 4) is 0 Å². The summed E-state index contributed by atoms with van der Waals surface area (Å²) >= 11 is 3.54. The molecular weight excluding hydrogens is 500 g/mol. The number of H-pyrrole nitrogens is 1. The topological polar surface area (TPSA) is 126 Å². The number of ether oxygens (including phenoxy) is 1. The van der Waals surface area contributed by atoms with E-state index in [0.717, 1.165) is 52.5 Å². The average molecular weight is 533 g/mol. The zero-order chi connectivity index (χ0) is 25.0. The van der Waals surface area contributed by atoms with E-state index in [1.165, 1.54) is 0 Å². The van der Waals surface area contributed by atoms with Gasteiger partial charge in [0.1, 0.15) is 6.10 Å². The van der Waals surface area contributed by atoms with Crippen LogP contribution in [0.15, 0.2) is 27.5 Å². The average Bonchev–Trinajstić information content (AvgIpc) is 2.75. The van der Waals surface area contributed by atoms with E-state index in [1.807, 2.05) is 32.9 Å². The van der Waals surface area contributed by atoms with Gasteiger partial charge in [0, 0.05) is 39.9 Å². The summed E-state index contributed by atoms with van der Waals surface area (Å²) in [7, 11) is 0. The van der Waals surface area contributed by atoms with Crippen LogP contribution in [0.2, 0.25) is 0 Å². The Kier molecular flexibility index (Phi) is 8.54. The molecule has 0 radical (unpaired) electrons. The van der Waals surface area contributed by atoms with Crippen LogP contribution < -0.4 is 21.9 Å². The van der Waals surface area contributed by atoms with E-state index in [4.69, 9.17) is 10.5 Å². The number of nitrogens with one attached hydrogen (secondary N) is 3. The number of aromatic nitrogens is 1. The first-order valence-electron chi connectivity index (χ1n) is 11.5. The lowest BCUT2D eigenvalue weighted by molar-refractivity contribution is 0.0747. The van der Waals surface area contributed by atoms with Gasteiger partial charge in [-0.2, -0.15) is 0 Å². The Bertz CT molecular complexity index is 1120. The molecular formula is C25H33BrN4O4. The molecule has 2 aromatic rings. The molecule has 2 amide bonds. The smallest absolute Gasteiger partial charge is 0.404 e. The van der Waals surface area contributed by atoms with E-state index in [0.29, 0.717) is 11.1 Å². The van der Waals surface area contributed by atoms with Crippen LogP contribution in [0.4, 0.5) is 4.79 Å². The van der Waals surface area contributed by atoms with Gasteiger partial charge >= 0.3 is 6.09 Å². The van der Waals surface area contributed by atoms with Gasteiger partial charge in [0.25, 0.3) is 11.5 Å². The predicted octanol–water partition coefficient (Wildman–Crippen LogP) is 4.05. The highest BCUT2D eigenvalue weighted by atomic mass is 79.9. The largest absolute Gasteiger partial charge is 0.446 e. The van der Waals surface area contributed by atoms with Crippen molar-refractivity contribution in [1.82, 2.24) is 15.6 Å². The third-order valence-corrected chi connectivity index (χ3v) is 6.94. The first-order valence-corrected chi connectivity index (χ1v) is 12.3. The normalized spacial score (nSPS) is 18.9. The van der Waals surface area contributed by atoms with Crippen LogP contribution in [-0.2, 0) is 11.3 Å². The van der Waals surface area contributed by atoms with Crippen molar-refractivity contribution < 1.29 is 14.3 Å². The monoisotopic (exact) mass is 532 g/mol. The summed E-state index contributed by atoms with van der Waals surface area (Å²) in [5.74, 6) is -0.226. The van der Waals surface area contributed by atoms with Crippen molar-refractivity contribution in [3.05, 3.63) is 66.5 Å². The number of hydrogen-bond donors (Lipinski definition) is 4. The number of aromatic amines is 1. The third-order valence-electron chi connectivity index (χ3n) is 6.49. The molecule has 1 aromatic carbocycles. The highest BCUT2D eigenvalue weighted by Crippen LogP contribution is 2.29. The number of hydrogen-bond acceptors (Lipinski definition) is 5.